The summed E-state index contributed by atoms with van der Waals surface area (Å²) in [5, 5.41) is 0.598. The lowest BCUT2D eigenvalue weighted by molar-refractivity contribution is -0.160. The average molecular weight is 434 g/mol. The molecule has 2 aromatic rings. The summed E-state index contributed by atoms with van der Waals surface area (Å²) in [7, 11) is 0. The summed E-state index contributed by atoms with van der Waals surface area (Å²) >= 11 is 5.85. The number of halogens is 2. The van der Waals surface area contributed by atoms with Gasteiger partial charge < -0.3 is 14.4 Å². The van der Waals surface area contributed by atoms with Crippen LogP contribution in [0.25, 0.3) is 0 Å². The molecule has 0 atom stereocenters. The number of hydrogen-bond acceptors (Lipinski definition) is 4. The SMILES string of the molecule is CCOC(=O)C1(Cc2ccc(F)cc2)CCN(C(=O)COc2ccc(Cl)cc2)CC1. The third kappa shape index (κ3) is 5.51. The van der Waals surface area contributed by atoms with E-state index in [9.17, 15) is 14.0 Å². The van der Waals surface area contributed by atoms with Gasteiger partial charge in [0.15, 0.2) is 6.61 Å². The Kier molecular flexibility index (Phi) is 7.32. The van der Waals surface area contributed by atoms with E-state index in [-0.39, 0.29) is 24.3 Å². The number of amides is 1. The number of rotatable bonds is 7. The van der Waals surface area contributed by atoms with E-state index in [0.717, 1.165) is 5.56 Å². The summed E-state index contributed by atoms with van der Waals surface area (Å²) in [6.07, 6.45) is 1.42. The molecule has 1 saturated heterocycles. The Morgan fingerprint density at radius 1 is 1.07 bits per heavy atom. The number of piperidine rings is 1. The molecule has 7 heteroatoms. The zero-order valence-corrected chi connectivity index (χ0v) is 17.7. The molecule has 3 rings (SSSR count). The van der Waals surface area contributed by atoms with Crippen LogP contribution in [0.4, 0.5) is 4.39 Å². The fourth-order valence-corrected chi connectivity index (χ4v) is 3.81. The fourth-order valence-electron chi connectivity index (χ4n) is 3.68. The third-order valence-electron chi connectivity index (χ3n) is 5.41. The minimum atomic E-state index is -0.721. The zero-order valence-electron chi connectivity index (χ0n) is 16.9. The highest BCUT2D eigenvalue weighted by Crippen LogP contribution is 2.37. The van der Waals surface area contributed by atoms with Crippen LogP contribution in [0.2, 0.25) is 5.02 Å². The Morgan fingerprint density at radius 3 is 2.30 bits per heavy atom. The molecule has 0 spiro atoms. The van der Waals surface area contributed by atoms with Crippen LogP contribution in [-0.2, 0) is 20.7 Å². The van der Waals surface area contributed by atoms with Crippen molar-refractivity contribution >= 4 is 23.5 Å². The van der Waals surface area contributed by atoms with Gasteiger partial charge >= 0.3 is 5.97 Å². The second-order valence-electron chi connectivity index (χ2n) is 7.43. The van der Waals surface area contributed by atoms with E-state index < -0.39 is 5.41 Å². The van der Waals surface area contributed by atoms with Crippen LogP contribution in [0.5, 0.6) is 5.75 Å². The lowest BCUT2D eigenvalue weighted by Gasteiger charge is -2.40. The van der Waals surface area contributed by atoms with E-state index in [0.29, 0.717) is 49.7 Å². The number of ether oxygens (including phenoxy) is 2. The Bertz CT molecular complexity index is 862. The van der Waals surface area contributed by atoms with E-state index in [1.165, 1.54) is 12.1 Å². The van der Waals surface area contributed by atoms with Crippen molar-refractivity contribution in [2.75, 3.05) is 26.3 Å². The molecule has 1 fully saturated rings. The average Bonchev–Trinajstić information content (AvgIpc) is 2.75. The van der Waals surface area contributed by atoms with Gasteiger partial charge in [0.1, 0.15) is 11.6 Å². The number of hydrogen-bond donors (Lipinski definition) is 0. The molecule has 2 aromatic carbocycles. The molecule has 1 heterocycles. The maximum absolute atomic E-state index is 13.2. The maximum Gasteiger partial charge on any atom is 0.312 e. The van der Waals surface area contributed by atoms with Crippen molar-refractivity contribution in [2.45, 2.75) is 26.2 Å². The molecule has 0 radical (unpaired) electrons. The van der Waals surface area contributed by atoms with Gasteiger partial charge in [-0.05, 0) is 68.1 Å². The Balaban J connectivity index is 1.61. The first-order valence-electron chi connectivity index (χ1n) is 10.00. The second kappa shape index (κ2) is 9.94. The minimum absolute atomic E-state index is 0.0774. The Hall–Kier alpha value is -2.60. The monoisotopic (exact) mass is 433 g/mol. The molecular weight excluding hydrogens is 409 g/mol. The Labute approximate surface area is 180 Å². The number of likely N-dealkylation sites (tertiary alicyclic amines) is 1. The van der Waals surface area contributed by atoms with Crippen LogP contribution in [0.15, 0.2) is 48.5 Å². The lowest BCUT2D eigenvalue weighted by atomic mass is 9.73. The molecule has 0 saturated carbocycles. The number of nitrogens with zero attached hydrogens (tertiary/aromatic N) is 1. The molecular formula is C23H25ClFNO4. The van der Waals surface area contributed by atoms with Gasteiger partial charge in [-0.25, -0.2) is 4.39 Å². The highest BCUT2D eigenvalue weighted by molar-refractivity contribution is 6.30. The second-order valence-corrected chi connectivity index (χ2v) is 7.86. The molecule has 0 unspecified atom stereocenters. The van der Waals surface area contributed by atoms with Crippen LogP contribution >= 0.6 is 11.6 Å². The highest BCUT2D eigenvalue weighted by Gasteiger charge is 2.43. The van der Waals surface area contributed by atoms with Crippen LogP contribution in [0.3, 0.4) is 0 Å². The third-order valence-corrected chi connectivity index (χ3v) is 5.67. The van der Waals surface area contributed by atoms with Crippen molar-refractivity contribution in [2.24, 2.45) is 5.41 Å². The highest BCUT2D eigenvalue weighted by atomic mass is 35.5. The fraction of sp³-hybridized carbons (Fsp3) is 0.391. The number of carbonyl (C=O) groups is 2. The molecule has 160 valence electrons. The van der Waals surface area contributed by atoms with E-state index in [1.54, 1.807) is 48.2 Å². The van der Waals surface area contributed by atoms with Crippen molar-refractivity contribution in [1.82, 2.24) is 4.90 Å². The number of esters is 1. The molecule has 0 aromatic heterocycles. The Morgan fingerprint density at radius 2 is 1.70 bits per heavy atom. The topological polar surface area (TPSA) is 55.8 Å². The van der Waals surface area contributed by atoms with Gasteiger partial charge in [0.25, 0.3) is 5.91 Å². The number of benzene rings is 2. The maximum atomic E-state index is 13.2. The first-order valence-corrected chi connectivity index (χ1v) is 10.4. The quantitative estimate of drug-likeness (QED) is 0.612. The zero-order chi connectivity index (χ0) is 21.6. The van der Waals surface area contributed by atoms with Crippen molar-refractivity contribution < 1.29 is 23.5 Å². The van der Waals surface area contributed by atoms with Crippen molar-refractivity contribution in [3.8, 4) is 5.75 Å². The van der Waals surface area contributed by atoms with Crippen molar-refractivity contribution in [1.29, 1.82) is 0 Å². The van der Waals surface area contributed by atoms with Crippen LogP contribution < -0.4 is 4.74 Å². The van der Waals surface area contributed by atoms with Gasteiger partial charge in [-0.1, -0.05) is 23.7 Å². The minimum Gasteiger partial charge on any atom is -0.484 e. The standard InChI is InChI=1S/C23H25ClFNO4/c1-2-29-22(28)23(15-17-3-7-19(25)8-4-17)11-13-26(14-12-23)21(27)16-30-20-9-5-18(24)6-10-20/h3-10H,2,11-16H2,1H3. The first kappa shape index (κ1) is 22.1. The summed E-state index contributed by atoms with van der Waals surface area (Å²) in [6.45, 7) is 2.86. The lowest BCUT2D eigenvalue weighted by Crippen LogP contribution is -2.49. The van der Waals surface area contributed by atoms with Crippen molar-refractivity contribution in [3.05, 3.63) is 64.9 Å². The molecule has 1 aliphatic heterocycles. The summed E-state index contributed by atoms with van der Waals surface area (Å²) in [5.74, 6) is -0.144. The van der Waals surface area contributed by atoms with Gasteiger partial charge in [0, 0.05) is 18.1 Å². The van der Waals surface area contributed by atoms with Crippen LogP contribution in [-0.4, -0.2) is 43.1 Å². The molecule has 1 amide bonds. The molecule has 0 N–H and O–H groups in total. The van der Waals surface area contributed by atoms with E-state index >= 15 is 0 Å². The van der Waals surface area contributed by atoms with Crippen LogP contribution in [0.1, 0.15) is 25.3 Å². The number of carbonyl (C=O) groups excluding carboxylic acids is 2. The summed E-state index contributed by atoms with van der Waals surface area (Å²) in [4.78, 5) is 27.0. The van der Waals surface area contributed by atoms with E-state index in [2.05, 4.69) is 0 Å². The summed E-state index contributed by atoms with van der Waals surface area (Å²) < 4.78 is 24.1. The summed E-state index contributed by atoms with van der Waals surface area (Å²) in [6, 6.07) is 13.0. The molecule has 30 heavy (non-hydrogen) atoms. The molecule has 0 aliphatic carbocycles. The van der Waals surface area contributed by atoms with Gasteiger partial charge in [0.05, 0.1) is 12.0 Å². The molecule has 5 nitrogen and oxygen atoms in total. The predicted octanol–water partition coefficient (Wildman–Crippen LogP) is 4.27. The van der Waals surface area contributed by atoms with Gasteiger partial charge in [-0.3, -0.25) is 9.59 Å². The van der Waals surface area contributed by atoms with Gasteiger partial charge in [-0.2, -0.15) is 0 Å². The summed E-state index contributed by atoms with van der Waals surface area (Å²) in [5.41, 5.74) is 0.150. The normalized spacial score (nSPS) is 15.5. The van der Waals surface area contributed by atoms with Crippen LogP contribution in [0, 0.1) is 11.2 Å². The first-order chi connectivity index (χ1) is 14.4. The predicted molar refractivity (Wildman–Crippen MR) is 112 cm³/mol. The molecule has 0 bridgehead atoms. The van der Waals surface area contributed by atoms with E-state index in [4.69, 9.17) is 21.1 Å². The largest absolute Gasteiger partial charge is 0.484 e. The van der Waals surface area contributed by atoms with Crippen molar-refractivity contribution in [3.63, 3.8) is 0 Å². The van der Waals surface area contributed by atoms with Gasteiger partial charge in [-0.15, -0.1) is 0 Å². The van der Waals surface area contributed by atoms with E-state index in [1.807, 2.05) is 0 Å². The van der Waals surface area contributed by atoms with Gasteiger partial charge in [0.2, 0.25) is 0 Å². The smallest absolute Gasteiger partial charge is 0.312 e. The molecule has 1 aliphatic rings.